The molecule has 0 aliphatic heterocycles. The van der Waals surface area contributed by atoms with Crippen LogP contribution in [0.1, 0.15) is 0 Å². The van der Waals surface area contributed by atoms with Crippen LogP contribution in [0.3, 0.4) is 0 Å². The van der Waals surface area contributed by atoms with Gasteiger partial charge in [0.15, 0.2) is 12.4 Å². The van der Waals surface area contributed by atoms with E-state index in [0.717, 1.165) is 0 Å². The van der Waals surface area contributed by atoms with Crippen LogP contribution >= 0.6 is 46.4 Å². The summed E-state index contributed by atoms with van der Waals surface area (Å²) >= 11 is 23.9. The molecule has 1 aromatic carbocycles. The predicted octanol–water partition coefficient (Wildman–Crippen LogP) is 4.38. The van der Waals surface area contributed by atoms with Crippen molar-refractivity contribution in [1.82, 2.24) is 0 Å². The molecule has 0 atom stereocenters. The minimum Gasteiger partial charge on any atom is -0.164 e. The van der Waals surface area contributed by atoms with Gasteiger partial charge in [0.05, 0.1) is 10.0 Å². The Morgan fingerprint density at radius 1 is 0.812 bits per heavy atom. The van der Waals surface area contributed by atoms with Gasteiger partial charge in [0.1, 0.15) is 10.0 Å². The van der Waals surface area contributed by atoms with E-state index in [0.29, 0.717) is 15.7 Å². The molecule has 1 nitrogen and oxygen atoms in total. The van der Waals surface area contributed by atoms with E-state index < -0.39 is 0 Å². The van der Waals surface area contributed by atoms with Gasteiger partial charge in [-0.3, -0.25) is 0 Å². The Hall–Kier alpha value is -0.470. The summed E-state index contributed by atoms with van der Waals surface area (Å²) in [6.45, 7) is 0. The molecule has 0 spiro atoms. The van der Waals surface area contributed by atoms with Crippen molar-refractivity contribution in [3.05, 3.63) is 56.7 Å². The number of aromatic nitrogens is 1. The van der Waals surface area contributed by atoms with Crippen LogP contribution in [0.15, 0.2) is 30.6 Å². The number of pyridine rings is 1. The fourth-order valence-electron chi connectivity index (χ4n) is 1.28. The zero-order chi connectivity index (χ0) is 11.7. The van der Waals surface area contributed by atoms with E-state index in [1.54, 1.807) is 17.0 Å². The molecule has 0 saturated carbocycles. The third kappa shape index (κ3) is 2.14. The highest BCUT2D eigenvalue weighted by Crippen LogP contribution is 2.36. The highest BCUT2D eigenvalue weighted by Gasteiger charge is 2.22. The summed E-state index contributed by atoms with van der Waals surface area (Å²) in [6.07, 6.45) is 3.61. The molecular weight excluding hydrogens is 288 g/mol. The van der Waals surface area contributed by atoms with Crippen molar-refractivity contribution in [2.75, 3.05) is 0 Å². The normalized spacial score (nSPS) is 10.5. The molecular formula is C11H5Cl4N+. The Balaban J connectivity index is 2.74. The van der Waals surface area contributed by atoms with Crippen LogP contribution < -0.4 is 4.57 Å². The predicted molar refractivity (Wildman–Crippen MR) is 66.9 cm³/mol. The second-order valence-electron chi connectivity index (χ2n) is 3.01. The van der Waals surface area contributed by atoms with Gasteiger partial charge in [0, 0.05) is 18.2 Å². The van der Waals surface area contributed by atoms with Crippen molar-refractivity contribution in [3.8, 4) is 5.69 Å². The standard InChI is InChI=1S/C11H5Cl4N/c12-7-6-8(13)10(15)11(9(7)14)16-4-2-1-3-5-16/h1-5H/q+1. The Morgan fingerprint density at radius 3 is 1.81 bits per heavy atom. The fourth-order valence-corrected chi connectivity index (χ4v) is 2.23. The summed E-state index contributed by atoms with van der Waals surface area (Å²) in [5.74, 6) is 0. The molecule has 2 rings (SSSR count). The zero-order valence-electron chi connectivity index (χ0n) is 7.85. The largest absolute Gasteiger partial charge is 0.251 e. The third-order valence-electron chi connectivity index (χ3n) is 1.99. The monoisotopic (exact) mass is 291 g/mol. The topological polar surface area (TPSA) is 3.88 Å². The molecule has 0 N–H and O–H groups in total. The first-order valence-corrected chi connectivity index (χ1v) is 5.84. The lowest BCUT2D eigenvalue weighted by Crippen LogP contribution is -2.30. The van der Waals surface area contributed by atoms with Crippen molar-refractivity contribution in [3.63, 3.8) is 0 Å². The van der Waals surface area contributed by atoms with Gasteiger partial charge in [0.25, 0.3) is 5.69 Å². The van der Waals surface area contributed by atoms with Crippen LogP contribution in [-0.2, 0) is 0 Å². The van der Waals surface area contributed by atoms with Gasteiger partial charge in [-0.25, -0.2) is 0 Å². The van der Waals surface area contributed by atoms with Crippen LogP contribution in [0.25, 0.3) is 5.69 Å². The van der Waals surface area contributed by atoms with Crippen LogP contribution in [0.4, 0.5) is 0 Å². The molecule has 1 radical (unpaired) electrons. The van der Waals surface area contributed by atoms with Gasteiger partial charge >= 0.3 is 0 Å². The fraction of sp³-hybridized carbons (Fsp3) is 0. The summed E-state index contributed by atoms with van der Waals surface area (Å²) < 4.78 is 1.75. The van der Waals surface area contributed by atoms with Crippen molar-refractivity contribution < 1.29 is 4.57 Å². The van der Waals surface area contributed by atoms with Crippen LogP contribution in [0.2, 0.25) is 20.1 Å². The quantitative estimate of drug-likeness (QED) is 0.542. The Kier molecular flexibility index (Phi) is 3.60. The molecule has 0 aliphatic carbocycles. The average Bonchev–Trinajstić information content (AvgIpc) is 2.28. The number of halogens is 4. The van der Waals surface area contributed by atoms with Gasteiger partial charge in [-0.1, -0.05) is 52.5 Å². The first-order chi connectivity index (χ1) is 7.61. The van der Waals surface area contributed by atoms with Gasteiger partial charge in [-0.15, -0.1) is 0 Å². The van der Waals surface area contributed by atoms with E-state index in [9.17, 15) is 0 Å². The minimum atomic E-state index is 0.252. The van der Waals surface area contributed by atoms with E-state index in [1.165, 1.54) is 0 Å². The average molecular weight is 293 g/mol. The van der Waals surface area contributed by atoms with Crippen LogP contribution in [0.5, 0.6) is 0 Å². The number of hydrogen-bond acceptors (Lipinski definition) is 0. The maximum atomic E-state index is 6.08. The molecule has 0 saturated heterocycles. The molecule has 0 fully saturated rings. The molecule has 2 aromatic rings. The van der Waals surface area contributed by atoms with Crippen molar-refractivity contribution in [2.45, 2.75) is 0 Å². The summed E-state index contributed by atoms with van der Waals surface area (Å²) in [6, 6.07) is 8.26. The number of benzene rings is 1. The van der Waals surface area contributed by atoms with E-state index in [1.807, 2.05) is 18.2 Å². The first-order valence-electron chi connectivity index (χ1n) is 4.33. The number of rotatable bonds is 1. The lowest BCUT2D eigenvalue weighted by Gasteiger charge is -2.04. The van der Waals surface area contributed by atoms with Crippen molar-refractivity contribution in [2.24, 2.45) is 0 Å². The molecule has 1 heterocycles. The van der Waals surface area contributed by atoms with Crippen LogP contribution in [0, 0.1) is 6.07 Å². The van der Waals surface area contributed by atoms with Gasteiger partial charge in [-0.05, 0) is 0 Å². The van der Waals surface area contributed by atoms with Crippen molar-refractivity contribution >= 4 is 46.4 Å². The Bertz CT molecular complexity index is 499. The van der Waals surface area contributed by atoms with Crippen LogP contribution in [-0.4, -0.2) is 0 Å². The van der Waals surface area contributed by atoms with E-state index in [-0.39, 0.29) is 10.0 Å². The maximum absolute atomic E-state index is 6.08. The molecule has 0 bridgehead atoms. The van der Waals surface area contributed by atoms with E-state index in [4.69, 9.17) is 46.4 Å². The molecule has 0 unspecified atom stereocenters. The highest BCUT2D eigenvalue weighted by atomic mass is 35.5. The Morgan fingerprint density at radius 2 is 1.31 bits per heavy atom. The zero-order valence-corrected chi connectivity index (χ0v) is 10.9. The summed E-state index contributed by atoms with van der Waals surface area (Å²) in [7, 11) is 0. The van der Waals surface area contributed by atoms with E-state index in [2.05, 4.69) is 6.07 Å². The summed E-state index contributed by atoms with van der Waals surface area (Å²) in [5, 5.41) is 1.16. The minimum absolute atomic E-state index is 0.252. The third-order valence-corrected chi connectivity index (χ3v) is 3.49. The lowest BCUT2D eigenvalue weighted by atomic mass is 10.3. The Labute approximate surface area is 113 Å². The first kappa shape index (κ1) is 12.0. The summed E-state index contributed by atoms with van der Waals surface area (Å²) in [4.78, 5) is 0. The molecule has 16 heavy (non-hydrogen) atoms. The lowest BCUT2D eigenvalue weighted by molar-refractivity contribution is -0.595. The second kappa shape index (κ2) is 4.80. The van der Waals surface area contributed by atoms with Gasteiger partial charge in [-0.2, -0.15) is 4.57 Å². The van der Waals surface area contributed by atoms with Crippen molar-refractivity contribution in [1.29, 1.82) is 0 Å². The van der Waals surface area contributed by atoms with E-state index >= 15 is 0 Å². The van der Waals surface area contributed by atoms with Gasteiger partial charge in [0.2, 0.25) is 0 Å². The smallest absolute Gasteiger partial charge is 0.164 e. The highest BCUT2D eigenvalue weighted by molar-refractivity contribution is 6.48. The molecule has 1 aromatic heterocycles. The second-order valence-corrected chi connectivity index (χ2v) is 4.52. The molecule has 5 heteroatoms. The SMILES string of the molecule is Clc1[c]c(Cl)c(Cl)c(-[n+]2ccccc2)c1Cl. The number of nitrogens with zero attached hydrogens (tertiary/aromatic N) is 1. The van der Waals surface area contributed by atoms with Gasteiger partial charge < -0.3 is 0 Å². The maximum Gasteiger partial charge on any atom is 0.251 e. The summed E-state index contributed by atoms with van der Waals surface area (Å²) in [5.41, 5.74) is 0.553. The number of hydrogen-bond donors (Lipinski definition) is 0. The molecule has 0 amide bonds. The molecule has 81 valence electrons. The molecule has 0 aliphatic rings.